The molecule has 2 aromatic carbocycles. The summed E-state index contributed by atoms with van der Waals surface area (Å²) in [5, 5.41) is 4.14. The first-order valence-corrected chi connectivity index (χ1v) is 11.7. The van der Waals surface area contributed by atoms with Crippen LogP contribution in [0, 0.1) is 6.92 Å². The number of rotatable bonds is 7. The summed E-state index contributed by atoms with van der Waals surface area (Å²) in [5.74, 6) is -0.245. The van der Waals surface area contributed by atoms with Crippen LogP contribution in [-0.4, -0.2) is 28.8 Å². The minimum absolute atomic E-state index is 0.102. The van der Waals surface area contributed by atoms with Gasteiger partial charge in [-0.05, 0) is 49.9 Å². The van der Waals surface area contributed by atoms with E-state index >= 15 is 0 Å². The van der Waals surface area contributed by atoms with Crippen molar-refractivity contribution in [2.24, 2.45) is 0 Å². The van der Waals surface area contributed by atoms with Gasteiger partial charge in [-0.15, -0.1) is 0 Å². The SMILES string of the molecule is Cc1ccc(CN(C(=O)Cc2ccc(Cl)cc2Cl)[C@@H](C)C(=O)NC2CCCCC2)cc1. The third kappa shape index (κ3) is 6.72. The summed E-state index contributed by atoms with van der Waals surface area (Å²) >= 11 is 12.3. The molecule has 6 heteroatoms. The van der Waals surface area contributed by atoms with Crippen molar-refractivity contribution in [1.82, 2.24) is 10.2 Å². The summed E-state index contributed by atoms with van der Waals surface area (Å²) in [7, 11) is 0. The van der Waals surface area contributed by atoms with Gasteiger partial charge in [0.25, 0.3) is 0 Å². The van der Waals surface area contributed by atoms with Crippen molar-refractivity contribution >= 4 is 35.0 Å². The Balaban J connectivity index is 1.77. The van der Waals surface area contributed by atoms with Crippen molar-refractivity contribution in [2.45, 2.75) is 71.0 Å². The molecular weight excluding hydrogens is 431 g/mol. The molecule has 0 spiro atoms. The number of aryl methyl sites for hydroxylation is 1. The molecule has 1 fully saturated rings. The predicted octanol–water partition coefficient (Wildman–Crippen LogP) is 5.71. The highest BCUT2D eigenvalue weighted by Gasteiger charge is 2.28. The number of benzene rings is 2. The number of nitrogens with one attached hydrogen (secondary N) is 1. The van der Waals surface area contributed by atoms with Gasteiger partial charge in [0, 0.05) is 22.6 Å². The molecule has 4 nitrogen and oxygen atoms in total. The van der Waals surface area contributed by atoms with Gasteiger partial charge in [0.05, 0.1) is 6.42 Å². The van der Waals surface area contributed by atoms with E-state index in [1.165, 1.54) is 6.42 Å². The summed E-state index contributed by atoms with van der Waals surface area (Å²) in [5.41, 5.74) is 2.83. The zero-order chi connectivity index (χ0) is 22.4. The Labute approximate surface area is 194 Å². The second-order valence-electron chi connectivity index (χ2n) is 8.44. The monoisotopic (exact) mass is 460 g/mol. The van der Waals surface area contributed by atoms with E-state index in [0.29, 0.717) is 22.2 Å². The van der Waals surface area contributed by atoms with Gasteiger partial charge in [-0.1, -0.05) is 78.4 Å². The number of halogens is 2. The molecule has 1 atom stereocenters. The predicted molar refractivity (Wildman–Crippen MR) is 126 cm³/mol. The van der Waals surface area contributed by atoms with Crippen LogP contribution in [0.2, 0.25) is 10.0 Å². The zero-order valence-electron chi connectivity index (χ0n) is 18.2. The molecule has 2 amide bonds. The summed E-state index contributed by atoms with van der Waals surface area (Å²) in [6.07, 6.45) is 5.63. The standard InChI is InChI=1S/C25H30Cl2N2O2/c1-17-8-10-19(11-9-17)16-29(18(2)25(31)28-22-6-4-3-5-7-22)24(30)14-20-12-13-21(26)15-23(20)27/h8-13,15,18,22H,3-7,14,16H2,1-2H3,(H,28,31)/t18-/m0/s1. The molecular formula is C25H30Cl2N2O2. The van der Waals surface area contributed by atoms with Gasteiger partial charge in [0.15, 0.2) is 0 Å². The molecule has 1 N–H and O–H groups in total. The van der Waals surface area contributed by atoms with Crippen molar-refractivity contribution in [3.05, 3.63) is 69.2 Å². The minimum Gasteiger partial charge on any atom is -0.352 e. The van der Waals surface area contributed by atoms with Crippen LogP contribution < -0.4 is 5.32 Å². The molecule has 2 aromatic rings. The van der Waals surface area contributed by atoms with Gasteiger partial charge in [0.2, 0.25) is 11.8 Å². The van der Waals surface area contributed by atoms with Gasteiger partial charge in [-0.25, -0.2) is 0 Å². The third-order valence-corrected chi connectivity index (χ3v) is 6.54. The van der Waals surface area contributed by atoms with Crippen LogP contribution in [0.5, 0.6) is 0 Å². The lowest BCUT2D eigenvalue weighted by atomic mass is 9.95. The molecule has 166 valence electrons. The highest BCUT2D eigenvalue weighted by molar-refractivity contribution is 6.35. The van der Waals surface area contributed by atoms with Gasteiger partial charge < -0.3 is 10.2 Å². The van der Waals surface area contributed by atoms with Crippen LogP contribution >= 0.6 is 23.2 Å². The van der Waals surface area contributed by atoms with Crippen molar-refractivity contribution in [2.75, 3.05) is 0 Å². The zero-order valence-corrected chi connectivity index (χ0v) is 19.7. The smallest absolute Gasteiger partial charge is 0.242 e. The lowest BCUT2D eigenvalue weighted by Gasteiger charge is -2.31. The van der Waals surface area contributed by atoms with Crippen molar-refractivity contribution < 1.29 is 9.59 Å². The molecule has 0 bridgehead atoms. The minimum atomic E-state index is -0.582. The molecule has 0 radical (unpaired) electrons. The molecule has 0 heterocycles. The molecule has 1 aliphatic rings. The maximum Gasteiger partial charge on any atom is 0.242 e. The van der Waals surface area contributed by atoms with E-state index in [0.717, 1.165) is 36.8 Å². The number of carbonyl (C=O) groups is 2. The lowest BCUT2D eigenvalue weighted by molar-refractivity contribution is -0.140. The average Bonchev–Trinajstić information content (AvgIpc) is 2.75. The Kier molecular flexibility index (Phi) is 8.39. The van der Waals surface area contributed by atoms with Crippen LogP contribution in [0.3, 0.4) is 0 Å². The van der Waals surface area contributed by atoms with Crippen molar-refractivity contribution in [3.8, 4) is 0 Å². The molecule has 0 aromatic heterocycles. The second kappa shape index (κ2) is 11.0. The first-order chi connectivity index (χ1) is 14.8. The highest BCUT2D eigenvalue weighted by Crippen LogP contribution is 2.23. The Hall–Kier alpha value is -2.04. The van der Waals surface area contributed by atoms with Crippen molar-refractivity contribution in [3.63, 3.8) is 0 Å². The van der Waals surface area contributed by atoms with E-state index in [4.69, 9.17) is 23.2 Å². The molecule has 31 heavy (non-hydrogen) atoms. The highest BCUT2D eigenvalue weighted by atomic mass is 35.5. The number of amides is 2. The van der Waals surface area contributed by atoms with Gasteiger partial charge >= 0.3 is 0 Å². The molecule has 0 saturated heterocycles. The molecule has 0 aliphatic heterocycles. The van der Waals surface area contributed by atoms with Crippen LogP contribution in [0.25, 0.3) is 0 Å². The Bertz CT molecular complexity index is 908. The van der Waals surface area contributed by atoms with Gasteiger partial charge in [0.1, 0.15) is 6.04 Å². The summed E-state index contributed by atoms with van der Waals surface area (Å²) in [4.78, 5) is 28.0. The second-order valence-corrected chi connectivity index (χ2v) is 9.28. The maximum atomic E-state index is 13.3. The first kappa shape index (κ1) is 23.6. The average molecular weight is 461 g/mol. The van der Waals surface area contributed by atoms with E-state index in [2.05, 4.69) is 5.32 Å². The molecule has 1 aliphatic carbocycles. The normalized spacial score (nSPS) is 15.4. The number of hydrogen-bond donors (Lipinski definition) is 1. The van der Waals surface area contributed by atoms with Gasteiger partial charge in [-0.3, -0.25) is 9.59 Å². The van der Waals surface area contributed by atoms with Crippen molar-refractivity contribution in [1.29, 1.82) is 0 Å². The summed E-state index contributed by atoms with van der Waals surface area (Å²) < 4.78 is 0. The van der Waals surface area contributed by atoms with E-state index < -0.39 is 6.04 Å². The van der Waals surface area contributed by atoms with Crippen LogP contribution in [-0.2, 0) is 22.6 Å². The van der Waals surface area contributed by atoms with Gasteiger partial charge in [-0.2, -0.15) is 0 Å². The largest absolute Gasteiger partial charge is 0.352 e. The number of carbonyl (C=O) groups excluding carboxylic acids is 2. The summed E-state index contributed by atoms with van der Waals surface area (Å²) in [6, 6.07) is 12.8. The van der Waals surface area contributed by atoms with Crippen LogP contribution in [0.4, 0.5) is 0 Å². The van der Waals surface area contributed by atoms with Crippen LogP contribution in [0.1, 0.15) is 55.7 Å². The third-order valence-electron chi connectivity index (χ3n) is 5.95. The molecule has 0 unspecified atom stereocenters. The lowest BCUT2D eigenvalue weighted by Crippen LogP contribution is -2.50. The fourth-order valence-electron chi connectivity index (χ4n) is 3.97. The molecule has 1 saturated carbocycles. The first-order valence-electron chi connectivity index (χ1n) is 10.9. The fourth-order valence-corrected chi connectivity index (χ4v) is 4.45. The maximum absolute atomic E-state index is 13.3. The number of hydrogen-bond acceptors (Lipinski definition) is 2. The van der Waals surface area contributed by atoms with E-state index in [1.54, 1.807) is 30.0 Å². The summed E-state index contributed by atoms with van der Waals surface area (Å²) in [6.45, 7) is 4.19. The van der Waals surface area contributed by atoms with E-state index in [1.807, 2.05) is 31.2 Å². The Morgan fingerprint density at radius 1 is 1.06 bits per heavy atom. The Morgan fingerprint density at radius 2 is 1.74 bits per heavy atom. The van der Waals surface area contributed by atoms with E-state index in [9.17, 15) is 9.59 Å². The fraction of sp³-hybridized carbons (Fsp3) is 0.440. The van der Waals surface area contributed by atoms with E-state index in [-0.39, 0.29) is 24.3 Å². The number of nitrogens with zero attached hydrogens (tertiary/aromatic N) is 1. The topological polar surface area (TPSA) is 49.4 Å². The molecule has 3 rings (SSSR count). The quantitative estimate of drug-likeness (QED) is 0.574. The Morgan fingerprint density at radius 3 is 2.39 bits per heavy atom. The van der Waals surface area contributed by atoms with Crippen LogP contribution in [0.15, 0.2) is 42.5 Å².